The first-order valence-corrected chi connectivity index (χ1v) is 13.2. The summed E-state index contributed by atoms with van der Waals surface area (Å²) in [5, 5.41) is 25.5. The molecule has 0 radical (unpaired) electrons. The number of H-pyrrole nitrogens is 1. The summed E-state index contributed by atoms with van der Waals surface area (Å²) in [7, 11) is 1.17. The molecular weight excluding hydrogens is 632 g/mol. The van der Waals surface area contributed by atoms with Gasteiger partial charge in [0.25, 0.3) is 12.3 Å². The number of aliphatic imine (C=N–C) groups is 1. The highest BCUT2D eigenvalue weighted by Gasteiger charge is 2.38. The fourth-order valence-corrected chi connectivity index (χ4v) is 3.94. The molecule has 2 amide bonds. The van der Waals surface area contributed by atoms with Crippen molar-refractivity contribution in [2.45, 2.75) is 31.2 Å². The predicted molar refractivity (Wildman–Crippen MR) is 150 cm³/mol. The van der Waals surface area contributed by atoms with Gasteiger partial charge in [-0.15, -0.1) is 0 Å². The van der Waals surface area contributed by atoms with E-state index in [-0.39, 0.29) is 36.2 Å². The van der Waals surface area contributed by atoms with E-state index in [0.717, 1.165) is 0 Å². The number of carboxylic acid groups (broad SMARTS) is 1. The number of aromatic amines is 1. The Morgan fingerprint density at radius 2 is 1.83 bits per heavy atom. The SMILES string of the molecule is COC(=O)C[C@H](NC(=O)CNC(=O)c1cc(NC2=NCC(F)CN2)c2cn[nH]c2c1)c1cccc(C(F)F)c1.O=C(O)C(F)(F)F. The summed E-state index contributed by atoms with van der Waals surface area (Å²) < 4.78 is 76.1. The van der Waals surface area contributed by atoms with E-state index < -0.39 is 55.1 Å². The molecular formula is C27H27F6N7O6. The number of esters is 1. The molecule has 0 saturated carbocycles. The van der Waals surface area contributed by atoms with Crippen molar-refractivity contribution in [1.29, 1.82) is 0 Å². The van der Waals surface area contributed by atoms with Crippen molar-refractivity contribution in [3.05, 3.63) is 59.3 Å². The number of nitrogens with zero attached hydrogens (tertiary/aromatic N) is 2. The number of rotatable bonds is 9. The van der Waals surface area contributed by atoms with Crippen molar-refractivity contribution >= 4 is 46.3 Å². The lowest BCUT2D eigenvalue weighted by Crippen LogP contribution is -2.41. The number of aliphatic carboxylic acids is 1. The number of hydrogen-bond donors (Lipinski definition) is 6. The number of alkyl halides is 6. The average molecular weight is 660 g/mol. The summed E-state index contributed by atoms with van der Waals surface area (Å²) in [6.07, 6.45) is -7.64. The highest BCUT2D eigenvalue weighted by molar-refractivity contribution is 6.07. The summed E-state index contributed by atoms with van der Waals surface area (Å²) in [5.41, 5.74) is 1.24. The van der Waals surface area contributed by atoms with Crippen LogP contribution in [0.25, 0.3) is 10.9 Å². The van der Waals surface area contributed by atoms with Gasteiger partial charge in [0.15, 0.2) is 5.96 Å². The summed E-state index contributed by atoms with van der Waals surface area (Å²) in [4.78, 5) is 50.4. The molecule has 2 atom stereocenters. The summed E-state index contributed by atoms with van der Waals surface area (Å²) in [6, 6.07) is 7.47. The molecule has 13 nitrogen and oxygen atoms in total. The van der Waals surface area contributed by atoms with Crippen LogP contribution in [0.5, 0.6) is 0 Å². The Kier molecular flexibility index (Phi) is 11.9. The summed E-state index contributed by atoms with van der Waals surface area (Å²) in [5.74, 6) is -4.30. The minimum atomic E-state index is -5.08. The predicted octanol–water partition coefficient (Wildman–Crippen LogP) is 2.99. The van der Waals surface area contributed by atoms with E-state index in [9.17, 15) is 40.7 Å². The standard InChI is InChI=1S/C25H26F3N7O4.C2HF3O2/c1-39-22(37)8-18(13-3-2-4-14(5-13)23(27)28)33-21(36)12-29-24(38)15-6-19(17-11-32-35-20(17)7-15)34-25-30-9-16(26)10-31-25;3-2(4,5)1(6)7/h2-7,11,16,18,23H,8-10,12H2,1H3,(H,29,38)(H,32,35)(H,33,36)(H2,30,31,34);(H,6,7)/t18-;/m0./s1. The van der Waals surface area contributed by atoms with Gasteiger partial charge in [0.05, 0.1) is 56.6 Å². The number of hydrogen-bond acceptors (Lipinski definition) is 9. The van der Waals surface area contributed by atoms with Crippen molar-refractivity contribution in [1.82, 2.24) is 26.1 Å². The minimum absolute atomic E-state index is 0.00253. The maximum atomic E-state index is 13.4. The van der Waals surface area contributed by atoms with Gasteiger partial charge in [-0.05, 0) is 23.8 Å². The molecule has 1 aliphatic rings. The number of nitrogens with one attached hydrogen (secondary N) is 5. The molecule has 0 spiro atoms. The second-order valence-electron chi connectivity index (χ2n) is 9.50. The van der Waals surface area contributed by atoms with Gasteiger partial charge < -0.3 is 31.1 Å². The lowest BCUT2D eigenvalue weighted by molar-refractivity contribution is -0.192. The fourth-order valence-electron chi connectivity index (χ4n) is 3.94. The third-order valence-electron chi connectivity index (χ3n) is 6.16. The molecule has 4 rings (SSSR count). The molecule has 0 bridgehead atoms. The smallest absolute Gasteiger partial charge is 0.475 e. The van der Waals surface area contributed by atoms with E-state index in [1.165, 1.54) is 37.4 Å². The molecule has 0 fully saturated rings. The molecule has 2 heterocycles. The van der Waals surface area contributed by atoms with E-state index in [1.807, 2.05) is 0 Å². The number of fused-ring (bicyclic) bond motifs is 1. The lowest BCUT2D eigenvalue weighted by atomic mass is 10.0. The van der Waals surface area contributed by atoms with Crippen LogP contribution in [0, 0.1) is 0 Å². The topological polar surface area (TPSA) is 187 Å². The van der Waals surface area contributed by atoms with Crippen LogP contribution in [0.1, 0.15) is 40.4 Å². The van der Waals surface area contributed by atoms with Crippen LogP contribution < -0.4 is 21.3 Å². The Balaban J connectivity index is 0.000000738. The zero-order valence-corrected chi connectivity index (χ0v) is 23.8. The Morgan fingerprint density at radius 1 is 1.13 bits per heavy atom. The zero-order chi connectivity index (χ0) is 34.0. The van der Waals surface area contributed by atoms with E-state index in [4.69, 9.17) is 9.90 Å². The number of carbonyl (C=O) groups excluding carboxylic acids is 3. The van der Waals surface area contributed by atoms with Gasteiger partial charge in [-0.3, -0.25) is 19.5 Å². The highest BCUT2D eigenvalue weighted by atomic mass is 19.4. The molecule has 19 heteroatoms. The third-order valence-corrected chi connectivity index (χ3v) is 6.16. The van der Waals surface area contributed by atoms with Gasteiger partial charge in [0.2, 0.25) is 5.91 Å². The Bertz CT molecular complexity index is 1600. The maximum Gasteiger partial charge on any atom is 0.490 e. The number of benzene rings is 2. The molecule has 0 saturated heterocycles. The van der Waals surface area contributed by atoms with E-state index in [0.29, 0.717) is 22.5 Å². The molecule has 46 heavy (non-hydrogen) atoms. The number of guanidine groups is 1. The first kappa shape index (κ1) is 35.1. The van der Waals surface area contributed by atoms with Crippen LogP contribution in [0.3, 0.4) is 0 Å². The fraction of sp³-hybridized carbons (Fsp3) is 0.333. The van der Waals surface area contributed by atoms with E-state index in [1.54, 1.807) is 12.3 Å². The number of methoxy groups -OCH3 is 1. The van der Waals surface area contributed by atoms with Gasteiger partial charge in [0.1, 0.15) is 6.17 Å². The van der Waals surface area contributed by atoms with Crippen LogP contribution in [0.4, 0.5) is 32.0 Å². The van der Waals surface area contributed by atoms with Crippen LogP contribution in [-0.2, 0) is 19.1 Å². The van der Waals surface area contributed by atoms with Crippen molar-refractivity contribution < 1.29 is 55.4 Å². The Morgan fingerprint density at radius 3 is 2.43 bits per heavy atom. The van der Waals surface area contributed by atoms with Gasteiger partial charge in [-0.1, -0.05) is 18.2 Å². The molecule has 6 N–H and O–H groups in total. The van der Waals surface area contributed by atoms with Gasteiger partial charge in [-0.25, -0.2) is 23.0 Å². The minimum Gasteiger partial charge on any atom is -0.475 e. The number of amides is 2. The van der Waals surface area contributed by atoms with Gasteiger partial charge in [0, 0.05) is 16.5 Å². The maximum absolute atomic E-state index is 13.4. The summed E-state index contributed by atoms with van der Waals surface area (Å²) >= 11 is 0. The number of aromatic nitrogens is 2. The number of ether oxygens (including phenoxy) is 1. The normalized spacial score (nSPS) is 15.0. The number of anilines is 1. The van der Waals surface area contributed by atoms with Crippen molar-refractivity contribution in [2.24, 2.45) is 4.99 Å². The van der Waals surface area contributed by atoms with Crippen LogP contribution >= 0.6 is 0 Å². The second-order valence-corrected chi connectivity index (χ2v) is 9.50. The van der Waals surface area contributed by atoms with Crippen LogP contribution in [0.15, 0.2) is 47.6 Å². The number of carboxylic acids is 1. The first-order valence-electron chi connectivity index (χ1n) is 13.2. The molecule has 2 aromatic carbocycles. The first-order chi connectivity index (χ1) is 21.7. The van der Waals surface area contributed by atoms with E-state index >= 15 is 0 Å². The van der Waals surface area contributed by atoms with Gasteiger partial charge >= 0.3 is 18.1 Å². The zero-order valence-electron chi connectivity index (χ0n) is 23.8. The summed E-state index contributed by atoms with van der Waals surface area (Å²) in [6.45, 7) is -0.359. The number of halogens is 6. The quantitative estimate of drug-likeness (QED) is 0.148. The molecule has 1 unspecified atom stereocenters. The third kappa shape index (κ3) is 10.1. The molecule has 1 aromatic heterocycles. The Labute approximate surface area is 255 Å². The molecule has 1 aliphatic heterocycles. The largest absolute Gasteiger partial charge is 0.490 e. The van der Waals surface area contributed by atoms with Crippen molar-refractivity contribution in [3.63, 3.8) is 0 Å². The highest BCUT2D eigenvalue weighted by Crippen LogP contribution is 2.26. The van der Waals surface area contributed by atoms with Crippen LogP contribution in [0.2, 0.25) is 0 Å². The molecule has 3 aromatic rings. The molecule has 0 aliphatic carbocycles. The van der Waals surface area contributed by atoms with Crippen molar-refractivity contribution in [3.8, 4) is 0 Å². The van der Waals surface area contributed by atoms with Crippen LogP contribution in [-0.4, -0.2) is 84.1 Å². The second kappa shape index (κ2) is 15.6. The Hall–Kier alpha value is -5.36. The average Bonchev–Trinajstić information content (AvgIpc) is 3.50. The molecule has 248 valence electrons. The van der Waals surface area contributed by atoms with Crippen molar-refractivity contribution in [2.75, 3.05) is 32.1 Å². The number of carbonyl (C=O) groups is 4. The monoisotopic (exact) mass is 659 g/mol. The lowest BCUT2D eigenvalue weighted by Gasteiger charge is -2.20. The van der Waals surface area contributed by atoms with Gasteiger partial charge in [-0.2, -0.15) is 18.3 Å². The van der Waals surface area contributed by atoms with E-state index in [2.05, 4.69) is 41.2 Å².